The van der Waals surface area contributed by atoms with Gasteiger partial charge in [0.15, 0.2) is 0 Å². The van der Waals surface area contributed by atoms with E-state index >= 15 is 0 Å². The minimum atomic E-state index is 0.0253. The summed E-state index contributed by atoms with van der Waals surface area (Å²) in [5.74, 6) is 1.54. The van der Waals surface area contributed by atoms with E-state index in [4.69, 9.17) is 0 Å². The van der Waals surface area contributed by atoms with Crippen LogP contribution >= 0.6 is 0 Å². The maximum atomic E-state index is 12.9. The summed E-state index contributed by atoms with van der Waals surface area (Å²) in [6.45, 7) is 6.20. The van der Waals surface area contributed by atoms with Gasteiger partial charge in [-0.2, -0.15) is 0 Å². The normalized spacial score (nSPS) is 33.4. The third-order valence-electron chi connectivity index (χ3n) is 6.08. The average molecular weight is 335 g/mol. The predicted octanol–water partition coefficient (Wildman–Crippen LogP) is 1.92. The maximum Gasteiger partial charge on any atom is 0.239 e. The molecular formula is C19H33N3O2. The summed E-state index contributed by atoms with van der Waals surface area (Å²) in [4.78, 5) is 26.7. The first-order chi connectivity index (χ1) is 11.5. The lowest BCUT2D eigenvalue weighted by molar-refractivity contribution is -0.135. The largest absolute Gasteiger partial charge is 0.356 e. The smallest absolute Gasteiger partial charge is 0.239 e. The Morgan fingerprint density at radius 1 is 1.17 bits per heavy atom. The molecule has 4 atom stereocenters. The lowest BCUT2D eigenvalue weighted by Gasteiger charge is -2.34. The van der Waals surface area contributed by atoms with Gasteiger partial charge in [-0.25, -0.2) is 0 Å². The van der Waals surface area contributed by atoms with Crippen LogP contribution in [0.3, 0.4) is 0 Å². The third-order valence-corrected chi connectivity index (χ3v) is 6.08. The van der Waals surface area contributed by atoms with Gasteiger partial charge in [0.05, 0.1) is 6.04 Å². The number of fused-ring (bicyclic) bond motifs is 1. The van der Waals surface area contributed by atoms with Crippen molar-refractivity contribution < 1.29 is 9.59 Å². The molecule has 136 valence electrons. The summed E-state index contributed by atoms with van der Waals surface area (Å²) in [5.41, 5.74) is 0. The second kappa shape index (κ2) is 7.85. The molecule has 0 spiro atoms. The van der Waals surface area contributed by atoms with Crippen molar-refractivity contribution >= 4 is 11.8 Å². The fourth-order valence-electron chi connectivity index (χ4n) is 4.61. The molecule has 0 aromatic heterocycles. The molecule has 3 rings (SSSR count). The van der Waals surface area contributed by atoms with Crippen molar-refractivity contribution in [1.82, 2.24) is 15.5 Å². The zero-order chi connectivity index (χ0) is 17.1. The van der Waals surface area contributed by atoms with Gasteiger partial charge in [-0.1, -0.05) is 26.7 Å². The van der Waals surface area contributed by atoms with Crippen molar-refractivity contribution in [3.63, 3.8) is 0 Å². The monoisotopic (exact) mass is 335 g/mol. The molecule has 0 radical (unpaired) electrons. The minimum Gasteiger partial charge on any atom is -0.356 e. The van der Waals surface area contributed by atoms with E-state index in [1.165, 1.54) is 25.7 Å². The number of amides is 2. The number of hydrogen-bond donors (Lipinski definition) is 2. The number of carbonyl (C=O) groups excluding carboxylic acids is 2. The lowest BCUT2D eigenvalue weighted by Crippen LogP contribution is -2.50. The van der Waals surface area contributed by atoms with Crippen LogP contribution in [0.1, 0.15) is 58.8 Å². The quantitative estimate of drug-likeness (QED) is 0.825. The predicted molar refractivity (Wildman–Crippen MR) is 94.4 cm³/mol. The second-order valence-corrected chi connectivity index (χ2v) is 8.30. The van der Waals surface area contributed by atoms with Crippen LogP contribution in [-0.2, 0) is 9.59 Å². The van der Waals surface area contributed by atoms with E-state index in [2.05, 4.69) is 10.6 Å². The highest BCUT2D eigenvalue weighted by molar-refractivity contribution is 5.82. The van der Waals surface area contributed by atoms with Crippen LogP contribution in [0.5, 0.6) is 0 Å². The van der Waals surface area contributed by atoms with Crippen molar-refractivity contribution in [2.24, 2.45) is 17.8 Å². The summed E-state index contributed by atoms with van der Waals surface area (Å²) in [5, 5.41) is 6.64. The number of piperidine rings is 1. The zero-order valence-electron chi connectivity index (χ0n) is 15.2. The van der Waals surface area contributed by atoms with Crippen LogP contribution in [-0.4, -0.2) is 48.4 Å². The molecule has 5 heteroatoms. The molecule has 2 saturated heterocycles. The Morgan fingerprint density at radius 2 is 1.96 bits per heavy atom. The Morgan fingerprint density at radius 3 is 2.71 bits per heavy atom. The zero-order valence-corrected chi connectivity index (χ0v) is 15.2. The van der Waals surface area contributed by atoms with Crippen molar-refractivity contribution in [3.05, 3.63) is 0 Å². The minimum absolute atomic E-state index is 0.0253. The number of hydrogen-bond acceptors (Lipinski definition) is 3. The maximum absolute atomic E-state index is 12.9. The van der Waals surface area contributed by atoms with E-state index in [1.807, 2.05) is 18.7 Å². The highest BCUT2D eigenvalue weighted by Crippen LogP contribution is 2.34. The summed E-state index contributed by atoms with van der Waals surface area (Å²) in [6.07, 6.45) is 8.32. The molecule has 2 aliphatic heterocycles. The van der Waals surface area contributed by atoms with Gasteiger partial charge in [0.2, 0.25) is 11.8 Å². The number of nitrogens with one attached hydrogen (secondary N) is 2. The van der Waals surface area contributed by atoms with Crippen LogP contribution in [0.4, 0.5) is 0 Å². The van der Waals surface area contributed by atoms with Gasteiger partial charge in [-0.05, 0) is 43.9 Å². The molecule has 0 bridgehead atoms. The molecule has 2 heterocycles. The molecule has 4 unspecified atom stereocenters. The summed E-state index contributed by atoms with van der Waals surface area (Å²) < 4.78 is 0. The molecule has 0 aromatic carbocycles. The first kappa shape index (κ1) is 17.7. The Balaban J connectivity index is 1.49. The molecule has 2 amide bonds. The summed E-state index contributed by atoms with van der Waals surface area (Å²) in [6, 6.07) is 0.598. The van der Waals surface area contributed by atoms with Crippen LogP contribution < -0.4 is 10.6 Å². The Labute approximate surface area is 145 Å². The van der Waals surface area contributed by atoms with Gasteiger partial charge in [-0.15, -0.1) is 0 Å². The number of rotatable bonds is 4. The molecule has 3 fully saturated rings. The van der Waals surface area contributed by atoms with Crippen LogP contribution in [0.25, 0.3) is 0 Å². The molecule has 2 N–H and O–H groups in total. The van der Waals surface area contributed by atoms with Gasteiger partial charge >= 0.3 is 0 Å². The first-order valence-corrected chi connectivity index (χ1v) is 9.87. The molecular weight excluding hydrogens is 302 g/mol. The SMILES string of the molecule is CC(C)C(=O)NCC1CCCN(C(=O)C2CC3CCCCC3N2)C1. The number of carbonyl (C=O) groups is 2. The lowest BCUT2D eigenvalue weighted by atomic mass is 9.85. The van der Waals surface area contributed by atoms with Crippen LogP contribution in [0.15, 0.2) is 0 Å². The third kappa shape index (κ3) is 4.11. The van der Waals surface area contributed by atoms with Crippen molar-refractivity contribution in [2.45, 2.75) is 70.9 Å². The summed E-state index contributed by atoms with van der Waals surface area (Å²) >= 11 is 0. The number of likely N-dealkylation sites (tertiary alicyclic amines) is 1. The van der Waals surface area contributed by atoms with Crippen LogP contribution in [0.2, 0.25) is 0 Å². The highest BCUT2D eigenvalue weighted by Gasteiger charge is 2.40. The Bertz CT molecular complexity index is 452. The first-order valence-electron chi connectivity index (χ1n) is 9.87. The van der Waals surface area contributed by atoms with E-state index in [0.29, 0.717) is 30.3 Å². The van der Waals surface area contributed by atoms with Gasteiger partial charge < -0.3 is 15.5 Å². The average Bonchev–Trinajstić information content (AvgIpc) is 3.03. The van der Waals surface area contributed by atoms with E-state index in [-0.39, 0.29) is 17.9 Å². The second-order valence-electron chi connectivity index (χ2n) is 8.30. The van der Waals surface area contributed by atoms with Gasteiger partial charge in [0.1, 0.15) is 0 Å². The van der Waals surface area contributed by atoms with Crippen molar-refractivity contribution in [3.8, 4) is 0 Å². The molecule has 1 saturated carbocycles. The molecule has 0 aromatic rings. The molecule has 5 nitrogen and oxygen atoms in total. The Hall–Kier alpha value is -1.10. The Kier molecular flexibility index (Phi) is 5.80. The fourth-order valence-corrected chi connectivity index (χ4v) is 4.61. The van der Waals surface area contributed by atoms with Crippen molar-refractivity contribution in [1.29, 1.82) is 0 Å². The highest BCUT2D eigenvalue weighted by atomic mass is 16.2. The standard InChI is InChI=1S/C19H33N3O2/c1-13(2)18(23)20-11-14-6-5-9-22(12-14)19(24)17-10-15-7-3-4-8-16(15)21-17/h13-17,21H,3-12H2,1-2H3,(H,20,23). The molecule has 24 heavy (non-hydrogen) atoms. The fraction of sp³-hybridized carbons (Fsp3) is 0.895. The van der Waals surface area contributed by atoms with E-state index in [0.717, 1.165) is 32.4 Å². The van der Waals surface area contributed by atoms with Gasteiger partial charge in [0.25, 0.3) is 0 Å². The van der Waals surface area contributed by atoms with Crippen molar-refractivity contribution in [2.75, 3.05) is 19.6 Å². The topological polar surface area (TPSA) is 61.4 Å². The molecule has 3 aliphatic rings. The van der Waals surface area contributed by atoms with E-state index in [1.54, 1.807) is 0 Å². The van der Waals surface area contributed by atoms with Gasteiger partial charge in [-0.3, -0.25) is 9.59 Å². The van der Waals surface area contributed by atoms with E-state index in [9.17, 15) is 9.59 Å². The summed E-state index contributed by atoms with van der Waals surface area (Å²) in [7, 11) is 0. The van der Waals surface area contributed by atoms with Crippen LogP contribution in [0, 0.1) is 17.8 Å². The van der Waals surface area contributed by atoms with E-state index < -0.39 is 0 Å². The molecule has 1 aliphatic carbocycles. The van der Waals surface area contributed by atoms with Gasteiger partial charge in [0, 0.05) is 31.6 Å². The number of nitrogens with zero attached hydrogens (tertiary/aromatic N) is 1.